The van der Waals surface area contributed by atoms with Crippen molar-refractivity contribution in [1.82, 2.24) is 4.98 Å². The second kappa shape index (κ2) is 5.34. The van der Waals surface area contributed by atoms with Crippen LogP contribution < -0.4 is 0 Å². The number of aromatic carboxylic acids is 1. The molecule has 2 aromatic carbocycles. The van der Waals surface area contributed by atoms with Crippen molar-refractivity contribution in [2.75, 3.05) is 0 Å². The van der Waals surface area contributed by atoms with Gasteiger partial charge in [-0.15, -0.1) is 6.42 Å². The van der Waals surface area contributed by atoms with E-state index >= 15 is 0 Å². The SMILES string of the molecule is C#Cc1ccc2nc(-c3ccccc3)c(C)c(C(=O)O)c2c1. The Morgan fingerprint density at radius 1 is 1.18 bits per heavy atom. The van der Waals surface area contributed by atoms with Crippen molar-refractivity contribution in [1.29, 1.82) is 0 Å². The molecular formula is C19H13NO2. The number of carboxylic acids is 1. The van der Waals surface area contributed by atoms with Gasteiger partial charge in [0.15, 0.2) is 0 Å². The van der Waals surface area contributed by atoms with Crippen LogP contribution in [0.15, 0.2) is 48.5 Å². The molecule has 0 fully saturated rings. The zero-order chi connectivity index (χ0) is 15.7. The Balaban J connectivity index is 2.41. The maximum absolute atomic E-state index is 11.7. The topological polar surface area (TPSA) is 50.2 Å². The summed E-state index contributed by atoms with van der Waals surface area (Å²) in [6, 6.07) is 14.8. The lowest BCUT2D eigenvalue weighted by molar-refractivity contribution is 0.0698. The molecule has 0 bridgehead atoms. The molecule has 0 saturated heterocycles. The van der Waals surface area contributed by atoms with E-state index in [0.29, 0.717) is 27.7 Å². The fourth-order valence-electron chi connectivity index (χ4n) is 2.60. The van der Waals surface area contributed by atoms with Crippen molar-refractivity contribution < 1.29 is 9.90 Å². The molecule has 0 saturated carbocycles. The largest absolute Gasteiger partial charge is 0.478 e. The summed E-state index contributed by atoms with van der Waals surface area (Å²) in [7, 11) is 0. The Morgan fingerprint density at radius 3 is 2.55 bits per heavy atom. The zero-order valence-corrected chi connectivity index (χ0v) is 12.0. The number of rotatable bonds is 2. The van der Waals surface area contributed by atoms with E-state index in [1.807, 2.05) is 30.3 Å². The first kappa shape index (κ1) is 13.8. The lowest BCUT2D eigenvalue weighted by Crippen LogP contribution is -2.05. The molecule has 0 aliphatic heterocycles. The third kappa shape index (κ3) is 2.21. The molecule has 1 aromatic heterocycles. The summed E-state index contributed by atoms with van der Waals surface area (Å²) in [4.78, 5) is 16.4. The van der Waals surface area contributed by atoms with Gasteiger partial charge in [-0.25, -0.2) is 9.78 Å². The van der Waals surface area contributed by atoms with Crippen LogP contribution >= 0.6 is 0 Å². The predicted octanol–water partition coefficient (Wildman–Crippen LogP) is 3.89. The van der Waals surface area contributed by atoms with Crippen molar-refractivity contribution in [3.8, 4) is 23.6 Å². The number of terminal acetylenes is 1. The monoisotopic (exact) mass is 287 g/mol. The minimum atomic E-state index is -0.976. The van der Waals surface area contributed by atoms with Gasteiger partial charge < -0.3 is 5.11 Å². The van der Waals surface area contributed by atoms with Crippen molar-refractivity contribution in [3.05, 3.63) is 65.2 Å². The van der Waals surface area contributed by atoms with E-state index in [9.17, 15) is 9.90 Å². The lowest BCUT2D eigenvalue weighted by Gasteiger charge is -2.12. The Hall–Kier alpha value is -3.12. The molecule has 0 atom stereocenters. The van der Waals surface area contributed by atoms with Gasteiger partial charge in [0.05, 0.1) is 16.8 Å². The Bertz CT molecular complexity index is 922. The number of pyridine rings is 1. The van der Waals surface area contributed by atoms with E-state index in [1.165, 1.54) is 0 Å². The van der Waals surface area contributed by atoms with Crippen molar-refractivity contribution in [2.45, 2.75) is 6.92 Å². The summed E-state index contributed by atoms with van der Waals surface area (Å²) in [5, 5.41) is 10.2. The summed E-state index contributed by atoms with van der Waals surface area (Å²) < 4.78 is 0. The molecule has 0 radical (unpaired) electrons. The predicted molar refractivity (Wildman–Crippen MR) is 86.8 cm³/mol. The zero-order valence-electron chi connectivity index (χ0n) is 12.0. The van der Waals surface area contributed by atoms with Crippen LogP contribution in [0.3, 0.4) is 0 Å². The smallest absolute Gasteiger partial charge is 0.336 e. The molecule has 22 heavy (non-hydrogen) atoms. The highest BCUT2D eigenvalue weighted by Gasteiger charge is 2.18. The van der Waals surface area contributed by atoms with Crippen LogP contribution in [-0.2, 0) is 0 Å². The molecule has 106 valence electrons. The van der Waals surface area contributed by atoms with Gasteiger partial charge >= 0.3 is 5.97 Å². The first-order valence-electron chi connectivity index (χ1n) is 6.81. The van der Waals surface area contributed by atoms with E-state index in [1.54, 1.807) is 25.1 Å². The number of nitrogens with zero attached hydrogens (tertiary/aromatic N) is 1. The van der Waals surface area contributed by atoms with Gasteiger partial charge in [0.1, 0.15) is 0 Å². The number of carboxylic acid groups (broad SMARTS) is 1. The minimum Gasteiger partial charge on any atom is -0.478 e. The van der Waals surface area contributed by atoms with Crippen LogP contribution in [0.5, 0.6) is 0 Å². The summed E-state index contributed by atoms with van der Waals surface area (Å²) in [5.74, 6) is 1.55. The number of carbonyl (C=O) groups is 1. The second-order valence-electron chi connectivity index (χ2n) is 5.01. The average molecular weight is 287 g/mol. The van der Waals surface area contributed by atoms with E-state index in [4.69, 9.17) is 6.42 Å². The third-order valence-electron chi connectivity index (χ3n) is 3.66. The van der Waals surface area contributed by atoms with Crippen LogP contribution in [0.4, 0.5) is 0 Å². The highest BCUT2D eigenvalue weighted by molar-refractivity contribution is 6.05. The lowest BCUT2D eigenvalue weighted by atomic mass is 9.97. The fourth-order valence-corrected chi connectivity index (χ4v) is 2.60. The second-order valence-corrected chi connectivity index (χ2v) is 5.01. The van der Waals surface area contributed by atoms with Crippen molar-refractivity contribution in [2.24, 2.45) is 0 Å². The Labute approximate surface area is 128 Å². The third-order valence-corrected chi connectivity index (χ3v) is 3.66. The summed E-state index contributed by atoms with van der Waals surface area (Å²) in [6.45, 7) is 1.78. The average Bonchev–Trinajstić information content (AvgIpc) is 2.54. The van der Waals surface area contributed by atoms with Gasteiger partial charge in [-0.3, -0.25) is 0 Å². The Morgan fingerprint density at radius 2 is 1.91 bits per heavy atom. The summed E-state index contributed by atoms with van der Waals surface area (Å²) >= 11 is 0. The number of benzene rings is 2. The van der Waals surface area contributed by atoms with Crippen molar-refractivity contribution >= 4 is 16.9 Å². The van der Waals surface area contributed by atoms with Crippen LogP contribution in [-0.4, -0.2) is 16.1 Å². The molecule has 1 heterocycles. The summed E-state index contributed by atoms with van der Waals surface area (Å²) in [6.07, 6.45) is 5.41. The van der Waals surface area contributed by atoms with E-state index in [-0.39, 0.29) is 5.56 Å². The van der Waals surface area contributed by atoms with Gasteiger partial charge in [-0.05, 0) is 30.7 Å². The van der Waals surface area contributed by atoms with E-state index in [0.717, 1.165) is 5.56 Å². The van der Waals surface area contributed by atoms with Crippen LogP contribution in [0.1, 0.15) is 21.5 Å². The van der Waals surface area contributed by atoms with Gasteiger partial charge in [-0.1, -0.05) is 36.3 Å². The molecule has 0 aliphatic rings. The van der Waals surface area contributed by atoms with E-state index in [2.05, 4.69) is 10.9 Å². The summed E-state index contributed by atoms with van der Waals surface area (Å²) in [5.41, 5.74) is 3.73. The molecule has 3 heteroatoms. The fraction of sp³-hybridized carbons (Fsp3) is 0.0526. The molecule has 3 aromatic rings. The quantitative estimate of drug-likeness (QED) is 0.727. The first-order valence-corrected chi connectivity index (χ1v) is 6.81. The van der Waals surface area contributed by atoms with Gasteiger partial charge in [0.2, 0.25) is 0 Å². The highest BCUT2D eigenvalue weighted by atomic mass is 16.4. The Kier molecular flexibility index (Phi) is 3.36. The molecule has 0 amide bonds. The normalized spacial score (nSPS) is 10.4. The van der Waals surface area contributed by atoms with Gasteiger partial charge in [-0.2, -0.15) is 0 Å². The number of fused-ring (bicyclic) bond motifs is 1. The molecule has 0 spiro atoms. The number of hydrogen-bond acceptors (Lipinski definition) is 2. The van der Waals surface area contributed by atoms with Crippen molar-refractivity contribution in [3.63, 3.8) is 0 Å². The molecule has 0 unspecified atom stereocenters. The maximum Gasteiger partial charge on any atom is 0.336 e. The molecule has 3 nitrogen and oxygen atoms in total. The molecular weight excluding hydrogens is 274 g/mol. The number of aromatic nitrogens is 1. The van der Waals surface area contributed by atoms with Gasteiger partial charge in [0, 0.05) is 16.5 Å². The molecule has 0 aliphatic carbocycles. The van der Waals surface area contributed by atoms with Crippen LogP contribution in [0, 0.1) is 19.3 Å². The first-order chi connectivity index (χ1) is 10.6. The van der Waals surface area contributed by atoms with Gasteiger partial charge in [0.25, 0.3) is 0 Å². The maximum atomic E-state index is 11.7. The van der Waals surface area contributed by atoms with Crippen LogP contribution in [0.25, 0.3) is 22.2 Å². The standard InChI is InChI=1S/C19H13NO2/c1-3-13-9-10-16-15(11-13)17(19(21)22)12(2)18(20-16)14-7-5-4-6-8-14/h1,4-11H,2H3,(H,21,22). The minimum absolute atomic E-state index is 0.251. The van der Waals surface area contributed by atoms with Crippen LogP contribution in [0.2, 0.25) is 0 Å². The van der Waals surface area contributed by atoms with E-state index < -0.39 is 5.97 Å². The molecule has 1 N–H and O–H groups in total. The highest BCUT2D eigenvalue weighted by Crippen LogP contribution is 2.30. The number of hydrogen-bond donors (Lipinski definition) is 1. The molecule has 3 rings (SSSR count).